The molecule has 0 aliphatic carbocycles. The molecule has 30 heavy (non-hydrogen) atoms. The maximum absolute atomic E-state index is 13.4. The van der Waals surface area contributed by atoms with Gasteiger partial charge in [0, 0.05) is 37.9 Å². The molecule has 1 aliphatic rings. The van der Waals surface area contributed by atoms with Crippen LogP contribution in [0.3, 0.4) is 0 Å². The lowest BCUT2D eigenvalue weighted by atomic mass is 10.1. The minimum atomic E-state index is -0.0337. The normalized spacial score (nSPS) is 13.5. The second-order valence-electron chi connectivity index (χ2n) is 6.78. The third kappa shape index (κ3) is 4.27. The van der Waals surface area contributed by atoms with Gasteiger partial charge < -0.3 is 19.7 Å². The number of piperazine rings is 1. The highest BCUT2D eigenvalue weighted by Gasteiger charge is 2.26. The number of nitrogens with one attached hydrogen (secondary N) is 1. The van der Waals surface area contributed by atoms with Crippen LogP contribution in [0, 0.1) is 0 Å². The third-order valence-corrected chi connectivity index (χ3v) is 5.03. The highest BCUT2D eigenvalue weighted by atomic mass is 35.5. The van der Waals surface area contributed by atoms with Crippen molar-refractivity contribution >= 4 is 18.3 Å². The van der Waals surface area contributed by atoms with E-state index < -0.39 is 0 Å². The molecule has 1 fully saturated rings. The van der Waals surface area contributed by atoms with Crippen molar-refractivity contribution in [3.63, 3.8) is 0 Å². The van der Waals surface area contributed by atoms with Crippen LogP contribution in [0.25, 0.3) is 16.9 Å². The molecule has 1 aliphatic heterocycles. The number of nitrogens with zero attached hydrogens (tertiary/aromatic N) is 3. The van der Waals surface area contributed by atoms with Crippen molar-refractivity contribution in [2.75, 3.05) is 40.4 Å². The van der Waals surface area contributed by atoms with Gasteiger partial charge in [-0.25, -0.2) is 4.68 Å². The van der Waals surface area contributed by atoms with Crippen LogP contribution in [0.15, 0.2) is 54.7 Å². The average Bonchev–Trinajstić information content (AvgIpc) is 3.24. The Morgan fingerprint density at radius 2 is 1.77 bits per heavy atom. The number of rotatable bonds is 5. The Hall–Kier alpha value is -3.03. The predicted molar refractivity (Wildman–Crippen MR) is 118 cm³/mol. The lowest BCUT2D eigenvalue weighted by Crippen LogP contribution is -2.46. The molecule has 3 aromatic rings. The van der Waals surface area contributed by atoms with E-state index in [1.54, 1.807) is 25.1 Å². The van der Waals surface area contributed by atoms with Gasteiger partial charge >= 0.3 is 0 Å². The summed E-state index contributed by atoms with van der Waals surface area (Å²) in [5, 5.41) is 8.05. The van der Waals surface area contributed by atoms with Crippen LogP contribution < -0.4 is 14.8 Å². The Morgan fingerprint density at radius 1 is 1.03 bits per heavy atom. The van der Waals surface area contributed by atoms with Gasteiger partial charge in [0.1, 0.15) is 17.2 Å². The third-order valence-electron chi connectivity index (χ3n) is 5.03. The van der Waals surface area contributed by atoms with Crippen LogP contribution in [0.5, 0.6) is 11.5 Å². The molecule has 158 valence electrons. The van der Waals surface area contributed by atoms with Gasteiger partial charge in [-0.1, -0.05) is 18.2 Å². The lowest BCUT2D eigenvalue weighted by Gasteiger charge is -2.27. The zero-order chi connectivity index (χ0) is 20.2. The molecule has 1 amide bonds. The molecule has 1 aromatic heterocycles. The summed E-state index contributed by atoms with van der Waals surface area (Å²) in [5.41, 5.74) is 2.73. The topological polar surface area (TPSA) is 68.6 Å². The molecule has 2 aromatic carbocycles. The van der Waals surface area contributed by atoms with Gasteiger partial charge in [-0.15, -0.1) is 12.4 Å². The number of halogens is 1. The predicted octanol–water partition coefficient (Wildman–Crippen LogP) is 3.02. The van der Waals surface area contributed by atoms with E-state index in [1.807, 2.05) is 53.4 Å². The first kappa shape index (κ1) is 21.7. The molecule has 1 N–H and O–H groups in total. The molecule has 2 heterocycles. The van der Waals surface area contributed by atoms with Crippen molar-refractivity contribution in [1.29, 1.82) is 0 Å². The summed E-state index contributed by atoms with van der Waals surface area (Å²) in [4.78, 5) is 15.2. The van der Waals surface area contributed by atoms with Gasteiger partial charge in [0.05, 0.1) is 25.5 Å². The van der Waals surface area contributed by atoms with Crippen molar-refractivity contribution in [3.05, 3.63) is 60.3 Å². The SMILES string of the molecule is COc1ccc(OC)c(-c2nn(-c3ccccc3)cc2C(=O)N2CCNCC2)c1.Cl. The Morgan fingerprint density at radius 3 is 2.43 bits per heavy atom. The van der Waals surface area contributed by atoms with Crippen molar-refractivity contribution in [2.24, 2.45) is 0 Å². The fourth-order valence-electron chi connectivity index (χ4n) is 3.48. The molecular formula is C22H25ClN4O3. The molecule has 7 nitrogen and oxygen atoms in total. The van der Waals surface area contributed by atoms with Crippen molar-refractivity contribution < 1.29 is 14.3 Å². The highest BCUT2D eigenvalue weighted by Crippen LogP contribution is 2.35. The summed E-state index contributed by atoms with van der Waals surface area (Å²) >= 11 is 0. The van der Waals surface area contributed by atoms with Gasteiger partial charge in [-0.2, -0.15) is 5.10 Å². The van der Waals surface area contributed by atoms with Crippen LogP contribution in [0.1, 0.15) is 10.4 Å². The number of benzene rings is 2. The molecular weight excluding hydrogens is 404 g/mol. The average molecular weight is 429 g/mol. The van der Waals surface area contributed by atoms with Crippen LogP contribution >= 0.6 is 12.4 Å². The first-order valence-corrected chi connectivity index (χ1v) is 9.58. The summed E-state index contributed by atoms with van der Waals surface area (Å²) < 4.78 is 12.7. The highest BCUT2D eigenvalue weighted by molar-refractivity contribution is 6.00. The van der Waals surface area contributed by atoms with Crippen molar-refractivity contribution in [3.8, 4) is 28.4 Å². The Labute approximate surface area is 182 Å². The smallest absolute Gasteiger partial charge is 0.257 e. The molecule has 0 radical (unpaired) electrons. The van der Waals surface area contributed by atoms with Gasteiger partial charge in [0.2, 0.25) is 0 Å². The first-order valence-electron chi connectivity index (χ1n) is 9.58. The van der Waals surface area contributed by atoms with Crippen LogP contribution in [0.4, 0.5) is 0 Å². The quantitative estimate of drug-likeness (QED) is 0.676. The van der Waals surface area contributed by atoms with E-state index in [0.717, 1.165) is 24.3 Å². The largest absolute Gasteiger partial charge is 0.497 e. The molecule has 0 saturated carbocycles. The lowest BCUT2D eigenvalue weighted by molar-refractivity contribution is 0.0736. The van der Waals surface area contributed by atoms with E-state index in [0.29, 0.717) is 35.8 Å². The summed E-state index contributed by atoms with van der Waals surface area (Å²) in [5.74, 6) is 1.28. The second kappa shape index (κ2) is 9.65. The van der Waals surface area contributed by atoms with Gasteiger partial charge in [0.15, 0.2) is 0 Å². The van der Waals surface area contributed by atoms with Crippen LogP contribution in [-0.4, -0.2) is 61.0 Å². The first-order chi connectivity index (χ1) is 14.2. The number of carbonyl (C=O) groups is 1. The van der Waals surface area contributed by atoms with Crippen molar-refractivity contribution in [1.82, 2.24) is 20.0 Å². The number of aromatic nitrogens is 2. The maximum Gasteiger partial charge on any atom is 0.257 e. The van der Waals surface area contributed by atoms with E-state index in [2.05, 4.69) is 5.32 Å². The molecule has 8 heteroatoms. The summed E-state index contributed by atoms with van der Waals surface area (Å²) in [6.07, 6.45) is 1.80. The molecule has 0 atom stereocenters. The fraction of sp³-hybridized carbons (Fsp3) is 0.273. The van der Waals surface area contributed by atoms with E-state index >= 15 is 0 Å². The van der Waals surface area contributed by atoms with Crippen LogP contribution in [0.2, 0.25) is 0 Å². The fourth-order valence-corrected chi connectivity index (χ4v) is 3.48. The molecule has 0 bridgehead atoms. The minimum Gasteiger partial charge on any atom is -0.497 e. The number of amides is 1. The van der Waals surface area contributed by atoms with Gasteiger partial charge in [-0.05, 0) is 30.3 Å². The van der Waals surface area contributed by atoms with E-state index in [1.165, 1.54) is 0 Å². The number of methoxy groups -OCH3 is 2. The standard InChI is InChI=1S/C22H24N4O3.ClH/c1-28-17-8-9-20(29-2)18(14-17)21-19(22(27)25-12-10-23-11-13-25)15-26(24-21)16-6-4-3-5-7-16;/h3-9,14-15,23H,10-13H2,1-2H3;1H. The summed E-state index contributed by atoms with van der Waals surface area (Å²) in [6.45, 7) is 2.92. The Balaban J connectivity index is 0.00000256. The summed E-state index contributed by atoms with van der Waals surface area (Å²) in [7, 11) is 3.22. The zero-order valence-corrected chi connectivity index (χ0v) is 17.8. The Bertz CT molecular complexity index is 1000. The monoisotopic (exact) mass is 428 g/mol. The van der Waals surface area contributed by atoms with Gasteiger partial charge in [0.25, 0.3) is 5.91 Å². The maximum atomic E-state index is 13.4. The molecule has 4 rings (SSSR count). The second-order valence-corrected chi connectivity index (χ2v) is 6.78. The number of hydrogen-bond acceptors (Lipinski definition) is 5. The number of carbonyl (C=O) groups excluding carboxylic acids is 1. The van der Waals surface area contributed by atoms with E-state index in [-0.39, 0.29) is 18.3 Å². The zero-order valence-electron chi connectivity index (χ0n) is 17.0. The molecule has 1 saturated heterocycles. The van der Waals surface area contributed by atoms with Gasteiger partial charge in [-0.3, -0.25) is 4.79 Å². The van der Waals surface area contributed by atoms with Crippen molar-refractivity contribution in [2.45, 2.75) is 0 Å². The molecule has 0 unspecified atom stereocenters. The number of hydrogen-bond donors (Lipinski definition) is 1. The van der Waals surface area contributed by atoms with E-state index in [4.69, 9.17) is 14.6 Å². The molecule has 0 spiro atoms. The Kier molecular flexibility index (Phi) is 6.97. The summed E-state index contributed by atoms with van der Waals surface area (Å²) in [6, 6.07) is 15.3. The number of para-hydroxylation sites is 1. The van der Waals surface area contributed by atoms with E-state index in [9.17, 15) is 4.79 Å². The van der Waals surface area contributed by atoms with Crippen LogP contribution in [-0.2, 0) is 0 Å². The minimum absolute atomic E-state index is 0. The number of ether oxygens (including phenoxy) is 2.